The third-order valence-corrected chi connectivity index (χ3v) is 3.13. The fourth-order valence-corrected chi connectivity index (χ4v) is 2.22. The molecule has 1 aliphatic rings. The van der Waals surface area contributed by atoms with Gasteiger partial charge in [0.1, 0.15) is 0 Å². The second-order valence-corrected chi connectivity index (χ2v) is 4.57. The van der Waals surface area contributed by atoms with Gasteiger partial charge in [0.05, 0.1) is 12.2 Å². The Bertz CT molecular complexity index is 451. The van der Waals surface area contributed by atoms with Gasteiger partial charge in [-0.05, 0) is 38.4 Å². The summed E-state index contributed by atoms with van der Waals surface area (Å²) in [5.74, 6) is -0.751. The van der Waals surface area contributed by atoms with Crippen LogP contribution in [0.2, 0.25) is 0 Å². The normalized spacial score (nSPS) is 18.0. The molecular weight excluding hydrogens is 283 g/mol. The lowest BCUT2D eigenvalue weighted by molar-refractivity contribution is 0.0926. The summed E-state index contributed by atoms with van der Waals surface area (Å²) in [5, 5.41) is 6.14. The average Bonchev–Trinajstić information content (AvgIpc) is 2.42. The lowest BCUT2D eigenvalue weighted by atomic mass is 10.1. The molecular formula is C14H20ClFN2O2. The van der Waals surface area contributed by atoms with Gasteiger partial charge in [-0.15, -0.1) is 12.4 Å². The van der Waals surface area contributed by atoms with Crippen molar-refractivity contribution < 1.29 is 13.9 Å². The molecule has 2 rings (SSSR count). The van der Waals surface area contributed by atoms with Crippen LogP contribution in [0.5, 0.6) is 5.75 Å². The molecule has 1 saturated heterocycles. The number of hydrogen-bond acceptors (Lipinski definition) is 3. The zero-order valence-corrected chi connectivity index (χ0v) is 12.3. The minimum absolute atomic E-state index is 0. The Kier molecular flexibility index (Phi) is 6.75. The van der Waals surface area contributed by atoms with Crippen molar-refractivity contribution in [2.45, 2.75) is 25.8 Å². The topological polar surface area (TPSA) is 50.4 Å². The summed E-state index contributed by atoms with van der Waals surface area (Å²) < 4.78 is 18.9. The van der Waals surface area contributed by atoms with E-state index in [0.717, 1.165) is 25.9 Å². The van der Waals surface area contributed by atoms with Gasteiger partial charge in [-0.1, -0.05) is 6.07 Å². The SMILES string of the molecule is CCOc1c(F)cccc1C(=O)NC1CCCNC1.Cl. The predicted octanol–water partition coefficient (Wildman–Crippen LogP) is 2.13. The highest BCUT2D eigenvalue weighted by Crippen LogP contribution is 2.22. The van der Waals surface area contributed by atoms with E-state index in [1.807, 2.05) is 0 Å². The second-order valence-electron chi connectivity index (χ2n) is 4.57. The third kappa shape index (κ3) is 4.08. The Morgan fingerprint density at radius 3 is 3.00 bits per heavy atom. The minimum atomic E-state index is -0.503. The highest BCUT2D eigenvalue weighted by Gasteiger charge is 2.20. The molecule has 0 radical (unpaired) electrons. The predicted molar refractivity (Wildman–Crippen MR) is 78.2 cm³/mol. The van der Waals surface area contributed by atoms with Crippen LogP contribution in [-0.2, 0) is 0 Å². The molecule has 0 bridgehead atoms. The van der Waals surface area contributed by atoms with E-state index in [-0.39, 0.29) is 35.7 Å². The number of carbonyl (C=O) groups excluding carboxylic acids is 1. The Morgan fingerprint density at radius 2 is 2.35 bits per heavy atom. The number of para-hydroxylation sites is 1. The van der Waals surface area contributed by atoms with Crippen LogP contribution in [0.4, 0.5) is 4.39 Å². The molecule has 0 aliphatic carbocycles. The molecule has 1 heterocycles. The summed E-state index contributed by atoms with van der Waals surface area (Å²) in [5.41, 5.74) is 0.257. The van der Waals surface area contributed by atoms with Gasteiger partial charge in [-0.25, -0.2) is 4.39 Å². The number of halogens is 2. The number of hydrogen-bond donors (Lipinski definition) is 2. The summed E-state index contributed by atoms with van der Waals surface area (Å²) in [4.78, 5) is 12.2. The van der Waals surface area contributed by atoms with Crippen LogP contribution in [0, 0.1) is 5.82 Å². The monoisotopic (exact) mass is 302 g/mol. The number of ether oxygens (including phenoxy) is 1. The molecule has 0 aromatic heterocycles. The molecule has 1 unspecified atom stereocenters. The summed E-state index contributed by atoms with van der Waals surface area (Å²) in [6, 6.07) is 4.49. The summed E-state index contributed by atoms with van der Waals surface area (Å²) >= 11 is 0. The summed E-state index contributed by atoms with van der Waals surface area (Å²) in [6.07, 6.45) is 1.98. The van der Waals surface area contributed by atoms with Gasteiger partial charge >= 0.3 is 0 Å². The minimum Gasteiger partial charge on any atom is -0.490 e. The molecule has 4 nitrogen and oxygen atoms in total. The fraction of sp³-hybridized carbons (Fsp3) is 0.500. The molecule has 1 aromatic carbocycles. The highest BCUT2D eigenvalue weighted by molar-refractivity contribution is 5.97. The molecule has 1 fully saturated rings. The van der Waals surface area contributed by atoms with E-state index in [9.17, 15) is 9.18 Å². The Labute approximate surface area is 124 Å². The summed E-state index contributed by atoms with van der Waals surface area (Å²) in [7, 11) is 0. The van der Waals surface area contributed by atoms with Gasteiger partial charge in [0.2, 0.25) is 0 Å². The molecule has 0 saturated carbocycles. The van der Waals surface area contributed by atoms with Crippen molar-refractivity contribution in [3.8, 4) is 5.75 Å². The first-order valence-electron chi connectivity index (χ1n) is 6.65. The van der Waals surface area contributed by atoms with Crippen molar-refractivity contribution >= 4 is 18.3 Å². The van der Waals surface area contributed by atoms with Crippen molar-refractivity contribution in [3.05, 3.63) is 29.6 Å². The maximum atomic E-state index is 13.7. The van der Waals surface area contributed by atoms with Gasteiger partial charge in [0, 0.05) is 12.6 Å². The maximum Gasteiger partial charge on any atom is 0.255 e. The van der Waals surface area contributed by atoms with Gasteiger partial charge in [0.25, 0.3) is 5.91 Å². The van der Waals surface area contributed by atoms with Crippen LogP contribution in [0.1, 0.15) is 30.1 Å². The van der Waals surface area contributed by atoms with Gasteiger partial charge < -0.3 is 15.4 Å². The first kappa shape index (κ1) is 16.7. The standard InChI is InChI=1S/C14H19FN2O2.ClH/c1-2-19-13-11(6-3-7-12(13)15)14(18)17-10-5-4-8-16-9-10;/h3,6-7,10,16H,2,4-5,8-9H2,1H3,(H,17,18);1H. The third-order valence-electron chi connectivity index (χ3n) is 3.13. The first-order chi connectivity index (χ1) is 9.22. The first-order valence-corrected chi connectivity index (χ1v) is 6.65. The molecule has 112 valence electrons. The lowest BCUT2D eigenvalue weighted by Gasteiger charge is -2.24. The van der Waals surface area contributed by atoms with Crippen LogP contribution in [0.15, 0.2) is 18.2 Å². The fourth-order valence-electron chi connectivity index (χ4n) is 2.22. The molecule has 1 aromatic rings. The van der Waals surface area contributed by atoms with E-state index in [4.69, 9.17) is 4.74 Å². The molecule has 1 atom stereocenters. The van der Waals surface area contributed by atoms with E-state index in [1.54, 1.807) is 13.0 Å². The van der Waals surface area contributed by atoms with Gasteiger partial charge in [0.15, 0.2) is 11.6 Å². The van der Waals surface area contributed by atoms with E-state index in [1.165, 1.54) is 12.1 Å². The van der Waals surface area contributed by atoms with Crippen molar-refractivity contribution in [2.24, 2.45) is 0 Å². The van der Waals surface area contributed by atoms with Crippen LogP contribution in [0.25, 0.3) is 0 Å². The quantitative estimate of drug-likeness (QED) is 0.896. The molecule has 1 amide bonds. The number of piperidine rings is 1. The molecule has 1 aliphatic heterocycles. The van der Waals surface area contributed by atoms with Crippen LogP contribution in [-0.4, -0.2) is 31.6 Å². The molecule has 6 heteroatoms. The van der Waals surface area contributed by atoms with Crippen molar-refractivity contribution in [2.75, 3.05) is 19.7 Å². The largest absolute Gasteiger partial charge is 0.490 e. The van der Waals surface area contributed by atoms with Crippen molar-refractivity contribution in [1.29, 1.82) is 0 Å². The number of carbonyl (C=O) groups is 1. The second kappa shape index (κ2) is 8.07. The summed E-state index contributed by atoms with van der Waals surface area (Å²) in [6.45, 7) is 3.83. The molecule has 20 heavy (non-hydrogen) atoms. The van der Waals surface area contributed by atoms with Gasteiger partial charge in [-0.3, -0.25) is 4.79 Å². The van der Waals surface area contributed by atoms with E-state index >= 15 is 0 Å². The number of benzene rings is 1. The van der Waals surface area contributed by atoms with Crippen LogP contribution < -0.4 is 15.4 Å². The smallest absolute Gasteiger partial charge is 0.255 e. The number of rotatable bonds is 4. The van der Waals surface area contributed by atoms with Gasteiger partial charge in [-0.2, -0.15) is 0 Å². The van der Waals surface area contributed by atoms with E-state index in [2.05, 4.69) is 10.6 Å². The Balaban J connectivity index is 0.00000200. The van der Waals surface area contributed by atoms with E-state index < -0.39 is 5.82 Å². The number of nitrogens with one attached hydrogen (secondary N) is 2. The molecule has 0 spiro atoms. The van der Waals surface area contributed by atoms with E-state index in [0.29, 0.717) is 6.61 Å². The zero-order chi connectivity index (χ0) is 13.7. The molecule has 2 N–H and O–H groups in total. The average molecular weight is 303 g/mol. The van der Waals surface area contributed by atoms with Crippen LogP contribution in [0.3, 0.4) is 0 Å². The zero-order valence-electron chi connectivity index (χ0n) is 11.4. The Morgan fingerprint density at radius 1 is 1.55 bits per heavy atom. The van der Waals surface area contributed by atoms with Crippen molar-refractivity contribution in [3.63, 3.8) is 0 Å². The lowest BCUT2D eigenvalue weighted by Crippen LogP contribution is -2.45. The van der Waals surface area contributed by atoms with Crippen molar-refractivity contribution in [1.82, 2.24) is 10.6 Å². The number of amides is 1. The highest BCUT2D eigenvalue weighted by atomic mass is 35.5. The maximum absolute atomic E-state index is 13.7. The van der Waals surface area contributed by atoms with Crippen LogP contribution >= 0.6 is 12.4 Å². The Hall–Kier alpha value is -1.33.